The van der Waals surface area contributed by atoms with Crippen LogP contribution in [0.1, 0.15) is 36.5 Å². The van der Waals surface area contributed by atoms with Crippen molar-refractivity contribution in [3.8, 4) is 5.75 Å². The van der Waals surface area contributed by atoms with E-state index in [1.165, 1.54) is 12.1 Å². The number of rotatable bonds is 6. The molecular formula is C13H17NO4. The topological polar surface area (TPSA) is 86.6 Å². The Bertz CT molecular complexity index is 431. The smallest absolute Gasteiger partial charge is 0.305 e. The Morgan fingerprint density at radius 2 is 2.11 bits per heavy atom. The van der Waals surface area contributed by atoms with Crippen LogP contribution in [0, 0.1) is 0 Å². The first-order valence-corrected chi connectivity index (χ1v) is 5.84. The van der Waals surface area contributed by atoms with Gasteiger partial charge in [0, 0.05) is 11.6 Å². The molecule has 1 amide bonds. The Hall–Kier alpha value is -2.04. The molecule has 18 heavy (non-hydrogen) atoms. The van der Waals surface area contributed by atoms with E-state index in [9.17, 15) is 14.7 Å². The second-order valence-electron chi connectivity index (χ2n) is 4.11. The third-order valence-corrected chi connectivity index (χ3v) is 2.50. The fourth-order valence-corrected chi connectivity index (χ4v) is 1.70. The number of phenols is 1. The summed E-state index contributed by atoms with van der Waals surface area (Å²) in [5.41, 5.74) is 0.321. The molecule has 0 saturated carbocycles. The maximum atomic E-state index is 11.8. The highest BCUT2D eigenvalue weighted by Gasteiger charge is 2.16. The number of aliphatic carboxylic acids is 1. The molecule has 0 aliphatic carbocycles. The monoisotopic (exact) mass is 251 g/mol. The maximum absolute atomic E-state index is 11.8. The van der Waals surface area contributed by atoms with Crippen LogP contribution in [-0.2, 0) is 4.79 Å². The molecule has 5 heteroatoms. The molecule has 1 aromatic rings. The number of carbonyl (C=O) groups excluding carboxylic acids is 1. The van der Waals surface area contributed by atoms with Crippen molar-refractivity contribution >= 4 is 11.9 Å². The minimum atomic E-state index is -0.940. The predicted octanol–water partition coefficient (Wildman–Crippen LogP) is 1.77. The summed E-state index contributed by atoms with van der Waals surface area (Å²) >= 11 is 0. The van der Waals surface area contributed by atoms with Crippen LogP contribution in [0.3, 0.4) is 0 Å². The first kappa shape index (κ1) is 14.0. The second kappa shape index (κ2) is 6.64. The van der Waals surface area contributed by atoms with Gasteiger partial charge in [0.25, 0.3) is 5.91 Å². The van der Waals surface area contributed by atoms with Crippen molar-refractivity contribution in [2.45, 2.75) is 32.2 Å². The van der Waals surface area contributed by atoms with Crippen LogP contribution in [0.2, 0.25) is 0 Å². The Labute approximate surface area is 105 Å². The van der Waals surface area contributed by atoms with Crippen molar-refractivity contribution in [2.24, 2.45) is 0 Å². The van der Waals surface area contributed by atoms with Gasteiger partial charge in [0.1, 0.15) is 5.75 Å². The van der Waals surface area contributed by atoms with E-state index in [4.69, 9.17) is 5.11 Å². The summed E-state index contributed by atoms with van der Waals surface area (Å²) in [7, 11) is 0. The number of carboxylic acids is 1. The summed E-state index contributed by atoms with van der Waals surface area (Å²) in [6.07, 6.45) is 1.30. The fraction of sp³-hybridized carbons (Fsp3) is 0.385. The molecule has 3 N–H and O–H groups in total. The van der Waals surface area contributed by atoms with E-state index in [0.29, 0.717) is 12.0 Å². The van der Waals surface area contributed by atoms with Crippen LogP contribution in [0.15, 0.2) is 24.3 Å². The summed E-state index contributed by atoms with van der Waals surface area (Å²) in [6, 6.07) is 5.56. The van der Waals surface area contributed by atoms with Crippen LogP contribution >= 0.6 is 0 Å². The highest BCUT2D eigenvalue weighted by molar-refractivity contribution is 5.94. The Morgan fingerprint density at radius 1 is 1.39 bits per heavy atom. The van der Waals surface area contributed by atoms with Gasteiger partial charge in [-0.25, -0.2) is 0 Å². The molecule has 1 rings (SSSR count). The summed E-state index contributed by atoms with van der Waals surface area (Å²) in [6.45, 7) is 1.93. The molecule has 0 aliphatic rings. The number of phenolic OH excluding ortho intramolecular Hbond substituents is 1. The lowest BCUT2D eigenvalue weighted by atomic mass is 10.1. The molecule has 1 unspecified atom stereocenters. The van der Waals surface area contributed by atoms with E-state index >= 15 is 0 Å². The fourth-order valence-electron chi connectivity index (χ4n) is 1.70. The van der Waals surface area contributed by atoms with E-state index in [-0.39, 0.29) is 24.1 Å². The van der Waals surface area contributed by atoms with Gasteiger partial charge in [-0.1, -0.05) is 19.4 Å². The molecule has 0 bridgehead atoms. The summed E-state index contributed by atoms with van der Waals surface area (Å²) in [5.74, 6) is -1.30. The lowest BCUT2D eigenvalue weighted by Crippen LogP contribution is -2.36. The van der Waals surface area contributed by atoms with Crippen LogP contribution in [0.25, 0.3) is 0 Å². The largest absolute Gasteiger partial charge is 0.508 e. The molecule has 0 aromatic heterocycles. The van der Waals surface area contributed by atoms with Gasteiger partial charge >= 0.3 is 5.97 Å². The van der Waals surface area contributed by atoms with E-state index in [2.05, 4.69) is 5.32 Å². The molecule has 0 saturated heterocycles. The van der Waals surface area contributed by atoms with Gasteiger partial charge in [-0.05, 0) is 24.6 Å². The van der Waals surface area contributed by atoms with E-state index < -0.39 is 5.97 Å². The zero-order chi connectivity index (χ0) is 13.5. The minimum absolute atomic E-state index is 0.00734. The highest BCUT2D eigenvalue weighted by Crippen LogP contribution is 2.11. The molecule has 0 spiro atoms. The van der Waals surface area contributed by atoms with Gasteiger partial charge in [0.15, 0.2) is 0 Å². The van der Waals surface area contributed by atoms with Crippen molar-refractivity contribution < 1.29 is 19.8 Å². The maximum Gasteiger partial charge on any atom is 0.305 e. The molecule has 0 aliphatic heterocycles. The zero-order valence-electron chi connectivity index (χ0n) is 10.2. The number of aromatic hydroxyl groups is 1. The number of benzene rings is 1. The van der Waals surface area contributed by atoms with Crippen LogP contribution in [0.5, 0.6) is 5.75 Å². The summed E-state index contributed by atoms with van der Waals surface area (Å²) in [4.78, 5) is 22.5. The lowest BCUT2D eigenvalue weighted by Gasteiger charge is -2.16. The summed E-state index contributed by atoms with van der Waals surface area (Å²) < 4.78 is 0. The Morgan fingerprint density at radius 3 is 2.67 bits per heavy atom. The van der Waals surface area contributed by atoms with Gasteiger partial charge in [0.05, 0.1) is 6.42 Å². The van der Waals surface area contributed by atoms with Gasteiger partial charge in [-0.2, -0.15) is 0 Å². The van der Waals surface area contributed by atoms with Gasteiger partial charge in [-0.3, -0.25) is 9.59 Å². The third-order valence-electron chi connectivity index (χ3n) is 2.50. The first-order valence-electron chi connectivity index (χ1n) is 5.84. The number of carbonyl (C=O) groups is 2. The third kappa shape index (κ3) is 4.45. The number of hydrogen-bond acceptors (Lipinski definition) is 3. The molecule has 0 fully saturated rings. The highest BCUT2D eigenvalue weighted by atomic mass is 16.4. The quantitative estimate of drug-likeness (QED) is 0.719. The Kier molecular flexibility index (Phi) is 5.17. The number of nitrogens with one attached hydrogen (secondary N) is 1. The lowest BCUT2D eigenvalue weighted by molar-refractivity contribution is -0.137. The van der Waals surface area contributed by atoms with Crippen molar-refractivity contribution in [1.29, 1.82) is 0 Å². The predicted molar refractivity (Wildman–Crippen MR) is 66.5 cm³/mol. The van der Waals surface area contributed by atoms with Crippen LogP contribution in [-0.4, -0.2) is 28.1 Å². The van der Waals surface area contributed by atoms with E-state index in [1.807, 2.05) is 6.92 Å². The number of hydrogen-bond donors (Lipinski definition) is 3. The zero-order valence-corrected chi connectivity index (χ0v) is 10.2. The van der Waals surface area contributed by atoms with Crippen LogP contribution in [0.4, 0.5) is 0 Å². The SMILES string of the molecule is CCCC(CC(=O)O)NC(=O)c1cccc(O)c1. The molecule has 1 atom stereocenters. The molecule has 98 valence electrons. The average Bonchev–Trinajstić information content (AvgIpc) is 2.28. The second-order valence-corrected chi connectivity index (χ2v) is 4.11. The minimum Gasteiger partial charge on any atom is -0.508 e. The standard InChI is InChI=1S/C13H17NO4/c1-2-4-10(8-12(16)17)14-13(18)9-5-3-6-11(15)7-9/h3,5-7,10,15H,2,4,8H2,1H3,(H,14,18)(H,16,17). The van der Waals surface area contributed by atoms with E-state index in [0.717, 1.165) is 6.42 Å². The van der Waals surface area contributed by atoms with Crippen molar-refractivity contribution in [3.63, 3.8) is 0 Å². The first-order chi connectivity index (χ1) is 8.52. The molecule has 0 heterocycles. The average molecular weight is 251 g/mol. The Balaban J connectivity index is 2.68. The molecule has 1 aromatic carbocycles. The summed E-state index contributed by atoms with van der Waals surface area (Å²) in [5, 5.41) is 20.7. The van der Waals surface area contributed by atoms with Crippen molar-refractivity contribution in [2.75, 3.05) is 0 Å². The molecule has 5 nitrogen and oxygen atoms in total. The van der Waals surface area contributed by atoms with Crippen LogP contribution < -0.4 is 5.32 Å². The van der Waals surface area contributed by atoms with Crippen molar-refractivity contribution in [1.82, 2.24) is 5.32 Å². The number of amides is 1. The van der Waals surface area contributed by atoms with Gasteiger partial charge in [0.2, 0.25) is 0 Å². The van der Waals surface area contributed by atoms with Gasteiger partial charge < -0.3 is 15.5 Å². The van der Waals surface area contributed by atoms with Gasteiger partial charge in [-0.15, -0.1) is 0 Å². The van der Waals surface area contributed by atoms with Crippen molar-refractivity contribution in [3.05, 3.63) is 29.8 Å². The van der Waals surface area contributed by atoms with E-state index in [1.54, 1.807) is 12.1 Å². The molecular weight excluding hydrogens is 234 g/mol. The number of carboxylic acid groups (broad SMARTS) is 1. The molecule has 0 radical (unpaired) electrons. The normalized spacial score (nSPS) is 11.8.